The Morgan fingerprint density at radius 3 is 2.33 bits per heavy atom. The van der Waals surface area contributed by atoms with Crippen LogP contribution in [0.3, 0.4) is 0 Å². The molecule has 2 aliphatic carbocycles. The number of rotatable bonds is 4. The van der Waals surface area contributed by atoms with Crippen molar-refractivity contribution >= 4 is 5.91 Å². The molecule has 0 aromatic heterocycles. The number of hydrogen-bond donors (Lipinski definition) is 1. The van der Waals surface area contributed by atoms with Gasteiger partial charge in [-0.1, -0.05) is 26.7 Å². The zero-order valence-corrected chi connectivity index (χ0v) is 13.7. The van der Waals surface area contributed by atoms with Crippen LogP contribution in [-0.2, 0) is 4.79 Å². The lowest BCUT2D eigenvalue weighted by Gasteiger charge is -2.43. The molecule has 1 amide bonds. The summed E-state index contributed by atoms with van der Waals surface area (Å²) in [4.78, 5) is 17.4. The third-order valence-corrected chi connectivity index (χ3v) is 5.70. The Bertz CT molecular complexity index is 385. The first kappa shape index (κ1) is 15.3. The van der Waals surface area contributed by atoms with Crippen molar-refractivity contribution in [1.29, 1.82) is 0 Å². The van der Waals surface area contributed by atoms with Crippen molar-refractivity contribution in [3.63, 3.8) is 0 Å². The van der Waals surface area contributed by atoms with E-state index in [0.29, 0.717) is 24.5 Å². The highest BCUT2D eigenvalue weighted by atomic mass is 16.2. The van der Waals surface area contributed by atoms with Crippen molar-refractivity contribution in [2.75, 3.05) is 19.6 Å². The molecule has 1 aliphatic heterocycles. The molecule has 3 rings (SSSR count). The van der Waals surface area contributed by atoms with Gasteiger partial charge in [0, 0.05) is 31.2 Å². The molecule has 4 nitrogen and oxygen atoms in total. The lowest BCUT2D eigenvalue weighted by atomic mass is 9.80. The molecule has 1 atom stereocenters. The van der Waals surface area contributed by atoms with Crippen LogP contribution in [0.5, 0.6) is 0 Å². The largest absolute Gasteiger partial charge is 0.336 e. The first-order valence-corrected chi connectivity index (χ1v) is 8.76. The second kappa shape index (κ2) is 5.88. The van der Waals surface area contributed by atoms with E-state index in [4.69, 9.17) is 5.73 Å². The van der Waals surface area contributed by atoms with E-state index in [1.54, 1.807) is 0 Å². The summed E-state index contributed by atoms with van der Waals surface area (Å²) in [6.45, 7) is 6.97. The summed E-state index contributed by atoms with van der Waals surface area (Å²) >= 11 is 0. The topological polar surface area (TPSA) is 49.6 Å². The van der Waals surface area contributed by atoms with Crippen LogP contribution in [0.25, 0.3) is 0 Å². The van der Waals surface area contributed by atoms with Crippen LogP contribution in [0, 0.1) is 5.41 Å². The number of nitrogens with zero attached hydrogens (tertiary/aromatic N) is 2. The molecule has 0 aromatic carbocycles. The van der Waals surface area contributed by atoms with Crippen molar-refractivity contribution in [3.8, 4) is 0 Å². The van der Waals surface area contributed by atoms with Crippen LogP contribution < -0.4 is 5.73 Å². The van der Waals surface area contributed by atoms with Crippen LogP contribution in [0.15, 0.2) is 0 Å². The van der Waals surface area contributed by atoms with E-state index in [9.17, 15) is 4.79 Å². The molecule has 120 valence electrons. The Balaban J connectivity index is 1.59. The highest BCUT2D eigenvalue weighted by Crippen LogP contribution is 2.35. The van der Waals surface area contributed by atoms with Crippen LogP contribution in [0.1, 0.15) is 58.8 Å². The van der Waals surface area contributed by atoms with Gasteiger partial charge in [0.1, 0.15) is 0 Å². The SMILES string of the molecule is CC1(C)CN(CC(=O)N(C2CCCC2)C2CC2)CCC1N. The van der Waals surface area contributed by atoms with E-state index in [0.717, 1.165) is 19.5 Å². The second-order valence-corrected chi connectivity index (χ2v) is 8.06. The van der Waals surface area contributed by atoms with Gasteiger partial charge in [0.2, 0.25) is 5.91 Å². The van der Waals surface area contributed by atoms with Gasteiger partial charge in [-0.3, -0.25) is 9.69 Å². The minimum Gasteiger partial charge on any atom is -0.336 e. The van der Waals surface area contributed by atoms with E-state index in [-0.39, 0.29) is 11.5 Å². The summed E-state index contributed by atoms with van der Waals surface area (Å²) < 4.78 is 0. The number of piperidine rings is 1. The number of carbonyl (C=O) groups is 1. The standard InChI is InChI=1S/C17H31N3O/c1-17(2)12-19(10-9-15(17)18)11-16(21)20(14-7-8-14)13-5-3-4-6-13/h13-15H,3-12,18H2,1-2H3. The number of hydrogen-bond acceptors (Lipinski definition) is 3. The van der Waals surface area contributed by atoms with Gasteiger partial charge in [0.05, 0.1) is 6.54 Å². The molecule has 0 bridgehead atoms. The molecule has 1 saturated heterocycles. The molecule has 0 spiro atoms. The maximum Gasteiger partial charge on any atom is 0.237 e. The van der Waals surface area contributed by atoms with Crippen molar-refractivity contribution in [1.82, 2.24) is 9.80 Å². The maximum absolute atomic E-state index is 12.8. The first-order chi connectivity index (χ1) is 9.97. The number of likely N-dealkylation sites (tertiary alicyclic amines) is 1. The van der Waals surface area contributed by atoms with Gasteiger partial charge in [0.25, 0.3) is 0 Å². The van der Waals surface area contributed by atoms with Crippen molar-refractivity contribution < 1.29 is 4.79 Å². The van der Waals surface area contributed by atoms with Crippen molar-refractivity contribution in [2.45, 2.75) is 76.9 Å². The Morgan fingerprint density at radius 2 is 1.76 bits per heavy atom. The van der Waals surface area contributed by atoms with E-state index >= 15 is 0 Å². The molecule has 1 heterocycles. The van der Waals surface area contributed by atoms with Crippen molar-refractivity contribution in [3.05, 3.63) is 0 Å². The Morgan fingerprint density at radius 1 is 1.14 bits per heavy atom. The lowest BCUT2D eigenvalue weighted by molar-refractivity contribution is -0.136. The normalized spacial score (nSPS) is 30.5. The van der Waals surface area contributed by atoms with Crippen LogP contribution in [0.4, 0.5) is 0 Å². The quantitative estimate of drug-likeness (QED) is 0.862. The first-order valence-electron chi connectivity index (χ1n) is 8.76. The maximum atomic E-state index is 12.8. The van der Waals surface area contributed by atoms with Gasteiger partial charge >= 0.3 is 0 Å². The van der Waals surface area contributed by atoms with Gasteiger partial charge in [-0.25, -0.2) is 0 Å². The number of carbonyl (C=O) groups excluding carboxylic acids is 1. The van der Waals surface area contributed by atoms with E-state index in [1.807, 2.05) is 0 Å². The summed E-state index contributed by atoms with van der Waals surface area (Å²) in [5, 5.41) is 0. The van der Waals surface area contributed by atoms with Gasteiger partial charge in [-0.05, 0) is 37.5 Å². The second-order valence-electron chi connectivity index (χ2n) is 8.06. The molecular weight excluding hydrogens is 262 g/mol. The van der Waals surface area contributed by atoms with Gasteiger partial charge in [0.15, 0.2) is 0 Å². The Kier molecular flexibility index (Phi) is 4.28. The molecule has 0 aromatic rings. The van der Waals surface area contributed by atoms with Crippen molar-refractivity contribution in [2.24, 2.45) is 11.1 Å². The van der Waals surface area contributed by atoms with E-state index < -0.39 is 0 Å². The number of amides is 1. The minimum atomic E-state index is 0.121. The Labute approximate surface area is 129 Å². The lowest BCUT2D eigenvalue weighted by Crippen LogP contribution is -2.55. The molecule has 0 radical (unpaired) electrons. The molecule has 3 fully saturated rings. The fourth-order valence-electron chi connectivity index (χ4n) is 4.13. The van der Waals surface area contributed by atoms with E-state index in [2.05, 4.69) is 23.6 Å². The monoisotopic (exact) mass is 293 g/mol. The Hall–Kier alpha value is -0.610. The summed E-state index contributed by atoms with van der Waals surface area (Å²) in [7, 11) is 0. The average Bonchev–Trinajstić information content (AvgIpc) is 3.08. The van der Waals surface area contributed by atoms with Gasteiger partial charge in [-0.15, -0.1) is 0 Å². The molecule has 2 saturated carbocycles. The van der Waals surface area contributed by atoms with E-state index in [1.165, 1.54) is 38.5 Å². The zero-order valence-electron chi connectivity index (χ0n) is 13.7. The van der Waals surface area contributed by atoms with Gasteiger partial charge < -0.3 is 10.6 Å². The number of nitrogens with two attached hydrogens (primary N) is 1. The summed E-state index contributed by atoms with van der Waals surface area (Å²) in [5.41, 5.74) is 6.32. The predicted octanol–water partition coefficient (Wildman–Crippen LogP) is 1.98. The molecule has 21 heavy (non-hydrogen) atoms. The highest BCUT2D eigenvalue weighted by Gasteiger charge is 2.40. The van der Waals surface area contributed by atoms with Gasteiger partial charge in [-0.2, -0.15) is 0 Å². The summed E-state index contributed by atoms with van der Waals surface area (Å²) in [6, 6.07) is 1.35. The molecule has 1 unspecified atom stereocenters. The van der Waals surface area contributed by atoms with Crippen LogP contribution >= 0.6 is 0 Å². The third-order valence-electron chi connectivity index (χ3n) is 5.70. The summed E-state index contributed by atoms with van der Waals surface area (Å²) in [5.74, 6) is 0.371. The fourth-order valence-corrected chi connectivity index (χ4v) is 4.13. The third kappa shape index (κ3) is 3.42. The zero-order chi connectivity index (χ0) is 15.0. The molecule has 3 aliphatic rings. The van der Waals surface area contributed by atoms with Crippen LogP contribution in [-0.4, -0.2) is 53.5 Å². The predicted molar refractivity (Wildman–Crippen MR) is 84.9 cm³/mol. The molecule has 4 heteroatoms. The van der Waals surface area contributed by atoms with Crippen LogP contribution in [0.2, 0.25) is 0 Å². The molecular formula is C17H31N3O. The minimum absolute atomic E-state index is 0.121. The molecule has 2 N–H and O–H groups in total. The summed E-state index contributed by atoms with van der Waals surface area (Å²) in [6.07, 6.45) is 8.49. The highest BCUT2D eigenvalue weighted by molar-refractivity contribution is 5.79. The fraction of sp³-hybridized carbons (Fsp3) is 0.941. The smallest absolute Gasteiger partial charge is 0.237 e. The average molecular weight is 293 g/mol.